The number of ether oxygens (including phenoxy) is 1. The van der Waals surface area contributed by atoms with Gasteiger partial charge in [0.2, 0.25) is 0 Å². The molecule has 9 heteroatoms. The molecule has 1 aromatic heterocycles. The van der Waals surface area contributed by atoms with Crippen LogP contribution in [0.3, 0.4) is 0 Å². The molecule has 0 spiro atoms. The Labute approximate surface area is 154 Å². The number of imidazole rings is 1. The number of likely N-dealkylation sites (N-methyl/N-ethyl adjacent to an activating group) is 1. The van der Waals surface area contributed by atoms with E-state index < -0.39 is 6.09 Å². The molecule has 0 saturated heterocycles. The molecule has 27 heavy (non-hydrogen) atoms. The molecule has 0 radical (unpaired) electrons. The van der Waals surface area contributed by atoms with Gasteiger partial charge < -0.3 is 20.4 Å². The highest BCUT2D eigenvalue weighted by molar-refractivity contribution is 5.87. The minimum atomic E-state index is -0.923. The summed E-state index contributed by atoms with van der Waals surface area (Å²) >= 11 is 0. The molecule has 0 saturated carbocycles. The Morgan fingerprint density at radius 3 is 2.78 bits per heavy atom. The number of nitrogens with one attached hydrogen (secondary N) is 1. The normalized spacial score (nSPS) is 11.1. The average molecular weight is 369 g/mol. The Hall–Kier alpha value is -3.46. The van der Waals surface area contributed by atoms with Crippen molar-refractivity contribution in [3.05, 3.63) is 52.1 Å². The van der Waals surface area contributed by atoms with Gasteiger partial charge in [0.25, 0.3) is 5.69 Å². The summed E-state index contributed by atoms with van der Waals surface area (Å²) in [6.45, 7) is 0.682. The van der Waals surface area contributed by atoms with E-state index in [-0.39, 0.29) is 16.4 Å². The van der Waals surface area contributed by atoms with Gasteiger partial charge >= 0.3 is 6.09 Å². The van der Waals surface area contributed by atoms with Gasteiger partial charge in [-0.1, -0.05) is 6.07 Å². The molecule has 3 rings (SSSR count). The Morgan fingerprint density at radius 1 is 1.33 bits per heavy atom. The number of amides is 1. The third kappa shape index (κ3) is 4.04. The molecule has 0 aliphatic heterocycles. The highest BCUT2D eigenvalue weighted by atomic mass is 16.6. The van der Waals surface area contributed by atoms with Crippen LogP contribution in [-0.2, 0) is 6.42 Å². The van der Waals surface area contributed by atoms with Crippen molar-refractivity contribution in [2.45, 2.75) is 6.42 Å². The lowest BCUT2D eigenvalue weighted by atomic mass is 10.1. The second-order valence-electron chi connectivity index (χ2n) is 6.31. The number of carbonyl (C=O) groups excluding carboxylic acids is 1. The first-order valence-electron chi connectivity index (χ1n) is 8.23. The molecule has 0 aliphatic carbocycles. The first-order chi connectivity index (χ1) is 12.8. The topological polar surface area (TPSA) is 127 Å². The van der Waals surface area contributed by atoms with E-state index in [0.717, 1.165) is 0 Å². The Kier molecular flexibility index (Phi) is 5.04. The van der Waals surface area contributed by atoms with E-state index in [1.54, 1.807) is 30.3 Å². The maximum Gasteiger partial charge on any atom is 0.410 e. The summed E-state index contributed by atoms with van der Waals surface area (Å²) in [4.78, 5) is 31.6. The molecule has 1 heterocycles. The number of H-pyrrole nitrogens is 1. The van der Waals surface area contributed by atoms with Gasteiger partial charge in [-0.05, 0) is 44.8 Å². The molecular formula is C18H19N5O4. The third-order valence-electron chi connectivity index (χ3n) is 4.06. The van der Waals surface area contributed by atoms with E-state index in [1.165, 1.54) is 6.07 Å². The molecule has 0 unspecified atom stereocenters. The van der Waals surface area contributed by atoms with Gasteiger partial charge in [0.1, 0.15) is 11.3 Å². The highest BCUT2D eigenvalue weighted by Crippen LogP contribution is 2.30. The summed E-state index contributed by atoms with van der Waals surface area (Å²) in [6.07, 6.45) is -0.388. The number of nitro benzene ring substituents is 1. The molecule has 0 aliphatic rings. The number of benzene rings is 2. The summed E-state index contributed by atoms with van der Waals surface area (Å²) in [7, 11) is 3.82. The standard InChI is InChI=1S/C18H19N5O4/c1-22(2)9-8-11-10-12(6-7-14(11)23(25)26)17-20-13-4-3-5-15(16(13)21-17)27-18(19)24/h3-7,10H,8-9H2,1-2H3,(H2,19,24)(H,20,21). The minimum Gasteiger partial charge on any atom is -0.408 e. The number of primary amides is 1. The summed E-state index contributed by atoms with van der Waals surface area (Å²) in [5.41, 5.74) is 7.62. The van der Waals surface area contributed by atoms with Crippen LogP contribution < -0.4 is 10.5 Å². The number of aromatic amines is 1. The zero-order chi connectivity index (χ0) is 19.6. The lowest BCUT2D eigenvalue weighted by Crippen LogP contribution is -2.16. The molecule has 2 aromatic carbocycles. The molecule has 3 aromatic rings. The number of carbonyl (C=O) groups is 1. The van der Waals surface area contributed by atoms with Crippen LogP contribution in [0.15, 0.2) is 36.4 Å². The van der Waals surface area contributed by atoms with Crippen molar-refractivity contribution in [2.75, 3.05) is 20.6 Å². The zero-order valence-corrected chi connectivity index (χ0v) is 14.9. The summed E-state index contributed by atoms with van der Waals surface area (Å²) < 4.78 is 4.98. The molecule has 0 atom stereocenters. The van der Waals surface area contributed by atoms with E-state index in [9.17, 15) is 14.9 Å². The fourth-order valence-electron chi connectivity index (χ4n) is 2.79. The number of hydrogen-bond acceptors (Lipinski definition) is 6. The molecule has 3 N–H and O–H groups in total. The number of para-hydroxylation sites is 1. The largest absolute Gasteiger partial charge is 0.410 e. The van der Waals surface area contributed by atoms with Crippen LogP contribution in [0.2, 0.25) is 0 Å². The maximum absolute atomic E-state index is 11.3. The minimum absolute atomic E-state index is 0.0782. The molecule has 9 nitrogen and oxygen atoms in total. The monoisotopic (exact) mass is 369 g/mol. The van der Waals surface area contributed by atoms with Crippen LogP contribution in [0.4, 0.5) is 10.5 Å². The number of nitrogens with zero attached hydrogens (tertiary/aromatic N) is 3. The van der Waals surface area contributed by atoms with Crippen molar-refractivity contribution in [3.8, 4) is 17.1 Å². The van der Waals surface area contributed by atoms with Gasteiger partial charge in [-0.2, -0.15) is 0 Å². The first-order valence-corrected chi connectivity index (χ1v) is 8.23. The van der Waals surface area contributed by atoms with E-state index in [1.807, 2.05) is 19.0 Å². The number of rotatable bonds is 6. The fourth-order valence-corrected chi connectivity index (χ4v) is 2.79. The van der Waals surface area contributed by atoms with Crippen molar-refractivity contribution >= 4 is 22.8 Å². The van der Waals surface area contributed by atoms with Crippen LogP contribution in [-0.4, -0.2) is 46.5 Å². The molecule has 0 fully saturated rings. The van der Waals surface area contributed by atoms with Gasteiger partial charge in [-0.3, -0.25) is 10.1 Å². The van der Waals surface area contributed by atoms with Gasteiger partial charge in [0, 0.05) is 23.7 Å². The highest BCUT2D eigenvalue weighted by Gasteiger charge is 2.17. The number of aromatic nitrogens is 2. The number of hydrogen-bond donors (Lipinski definition) is 2. The third-order valence-corrected chi connectivity index (χ3v) is 4.06. The van der Waals surface area contributed by atoms with Crippen molar-refractivity contribution in [2.24, 2.45) is 5.73 Å². The smallest absolute Gasteiger partial charge is 0.408 e. The van der Waals surface area contributed by atoms with E-state index in [4.69, 9.17) is 10.5 Å². The molecule has 140 valence electrons. The Bertz CT molecular complexity index is 1010. The number of fused-ring (bicyclic) bond motifs is 1. The fraction of sp³-hybridized carbons (Fsp3) is 0.222. The van der Waals surface area contributed by atoms with Crippen molar-refractivity contribution < 1.29 is 14.5 Å². The average Bonchev–Trinajstić information content (AvgIpc) is 3.04. The maximum atomic E-state index is 11.3. The zero-order valence-electron chi connectivity index (χ0n) is 14.9. The summed E-state index contributed by atoms with van der Waals surface area (Å²) in [5, 5.41) is 11.3. The van der Waals surface area contributed by atoms with E-state index in [2.05, 4.69) is 9.97 Å². The van der Waals surface area contributed by atoms with Crippen molar-refractivity contribution in [3.63, 3.8) is 0 Å². The van der Waals surface area contributed by atoms with Gasteiger partial charge in [-0.15, -0.1) is 0 Å². The Balaban J connectivity index is 2.04. The predicted octanol–water partition coefficient (Wildman–Crippen LogP) is 2.70. The second-order valence-corrected chi connectivity index (χ2v) is 6.31. The van der Waals surface area contributed by atoms with Gasteiger partial charge in [0.15, 0.2) is 5.75 Å². The predicted molar refractivity (Wildman–Crippen MR) is 101 cm³/mol. The SMILES string of the molecule is CN(C)CCc1cc(-c2nc3c(OC(N)=O)cccc3[nH]2)ccc1[N+](=O)[O-]. The number of nitrogens with two attached hydrogens (primary N) is 1. The molecule has 1 amide bonds. The van der Waals surface area contributed by atoms with Crippen LogP contribution in [0.5, 0.6) is 5.75 Å². The second kappa shape index (κ2) is 7.42. The van der Waals surface area contributed by atoms with Crippen LogP contribution in [0.25, 0.3) is 22.4 Å². The van der Waals surface area contributed by atoms with Crippen LogP contribution in [0.1, 0.15) is 5.56 Å². The van der Waals surface area contributed by atoms with Gasteiger partial charge in [-0.25, -0.2) is 9.78 Å². The van der Waals surface area contributed by atoms with E-state index in [0.29, 0.717) is 41.0 Å². The van der Waals surface area contributed by atoms with Gasteiger partial charge in [0.05, 0.1) is 10.4 Å². The summed E-state index contributed by atoms with van der Waals surface area (Å²) in [5.74, 6) is 0.767. The van der Waals surface area contributed by atoms with Crippen molar-refractivity contribution in [1.29, 1.82) is 0 Å². The quantitative estimate of drug-likeness (QED) is 0.508. The first kappa shape index (κ1) is 18.3. The number of nitro groups is 1. The van der Waals surface area contributed by atoms with E-state index >= 15 is 0 Å². The molecule has 0 bridgehead atoms. The van der Waals surface area contributed by atoms with Crippen LogP contribution >= 0.6 is 0 Å². The summed E-state index contributed by atoms with van der Waals surface area (Å²) in [6, 6.07) is 9.97. The molecular weight excluding hydrogens is 350 g/mol. The Morgan fingerprint density at radius 2 is 2.11 bits per heavy atom. The van der Waals surface area contributed by atoms with Crippen LogP contribution in [0, 0.1) is 10.1 Å². The lowest BCUT2D eigenvalue weighted by molar-refractivity contribution is -0.385. The van der Waals surface area contributed by atoms with Crippen molar-refractivity contribution in [1.82, 2.24) is 14.9 Å². The lowest BCUT2D eigenvalue weighted by Gasteiger charge is -2.10.